The van der Waals surface area contributed by atoms with Gasteiger partial charge in [-0.25, -0.2) is 14.6 Å². The lowest BCUT2D eigenvalue weighted by Crippen LogP contribution is -2.68. The van der Waals surface area contributed by atoms with E-state index in [-0.39, 0.29) is 59.3 Å². The molecule has 73 heavy (non-hydrogen) atoms. The molecule has 3 aliphatic heterocycles. The van der Waals surface area contributed by atoms with Crippen molar-refractivity contribution >= 4 is 29.9 Å². The second kappa shape index (κ2) is 20.5. The molecule has 15 nitrogen and oxygen atoms in total. The average molecular weight is 987 g/mol. The van der Waals surface area contributed by atoms with Crippen molar-refractivity contribution in [2.75, 3.05) is 27.3 Å². The summed E-state index contributed by atoms with van der Waals surface area (Å²) >= 11 is 0. The molecule has 3 aliphatic carbocycles. The molecule has 4 aromatic carbocycles. The molecule has 3 saturated heterocycles. The first-order valence-electron chi connectivity index (χ1n) is 26.4. The molecule has 5 N–H and O–H groups in total. The second-order valence-electron chi connectivity index (χ2n) is 21.2. The number of fused-ring (bicyclic) bond motifs is 2. The van der Waals surface area contributed by atoms with Crippen LogP contribution in [-0.4, -0.2) is 95.2 Å². The minimum Gasteiger partial charge on any atom is -0.453 e. The van der Waals surface area contributed by atoms with Crippen LogP contribution in [0, 0.1) is 11.3 Å². The Hall–Kier alpha value is -7.00. The summed E-state index contributed by atoms with van der Waals surface area (Å²) in [6.07, 6.45) is 13.1. The van der Waals surface area contributed by atoms with Crippen LogP contribution in [0.1, 0.15) is 128 Å². The lowest BCUT2D eigenvalue weighted by Gasteiger charge is -2.46. The summed E-state index contributed by atoms with van der Waals surface area (Å²) in [5.41, 5.74) is 10.4. The molecule has 1 spiro atoms. The van der Waals surface area contributed by atoms with Crippen LogP contribution < -0.4 is 21.3 Å². The maximum absolute atomic E-state index is 14.3. The highest BCUT2D eigenvalue weighted by molar-refractivity contribution is 5.89. The molecule has 5 aromatic rings. The van der Waals surface area contributed by atoms with Gasteiger partial charge in [-0.05, 0) is 126 Å². The molecule has 4 unspecified atom stereocenters. The molecule has 11 rings (SSSR count). The number of aromatic nitrogens is 2. The van der Waals surface area contributed by atoms with Gasteiger partial charge in [-0.3, -0.25) is 19.7 Å². The third-order valence-corrected chi connectivity index (χ3v) is 17.1. The Morgan fingerprint density at radius 1 is 0.699 bits per heavy atom. The van der Waals surface area contributed by atoms with Crippen molar-refractivity contribution in [1.82, 2.24) is 41.0 Å². The van der Waals surface area contributed by atoms with Crippen molar-refractivity contribution < 1.29 is 33.4 Å². The van der Waals surface area contributed by atoms with E-state index < -0.39 is 24.3 Å². The van der Waals surface area contributed by atoms with E-state index in [1.807, 2.05) is 76.7 Å². The predicted octanol–water partition coefficient (Wildman–Crippen LogP) is 8.55. The van der Waals surface area contributed by atoms with Crippen LogP contribution in [0.4, 0.5) is 9.59 Å². The molecule has 0 bridgehead atoms. The minimum atomic E-state index is -0.904. The zero-order valence-electron chi connectivity index (χ0n) is 41.7. The fourth-order valence-corrected chi connectivity index (χ4v) is 13.5. The highest BCUT2D eigenvalue weighted by atomic mass is 16.5. The van der Waals surface area contributed by atoms with Gasteiger partial charge in [0.1, 0.15) is 24.1 Å². The van der Waals surface area contributed by atoms with Crippen molar-refractivity contribution in [2.24, 2.45) is 11.3 Å². The van der Waals surface area contributed by atoms with E-state index in [1.165, 1.54) is 67.7 Å². The van der Waals surface area contributed by atoms with E-state index in [9.17, 15) is 24.0 Å². The standard InChI is InChI=1S/C58H66N8O7/c1-72-56(70)62-49(37-13-5-3-6-14-37)54(68)65-29-11-17-47(65)51-59-34-46(61-51)36-21-19-35(20-22-36)40-24-25-41(44-33-58(32-43(40)44)27-9-10-28-58)39-23-26-45-42(31-39)53(67)64-52(60-45)48-18-12-30-66(48)55(69)50(63-57(71)73-2)38-15-7-4-8-16-38/h3-8,13-16,19-22,24-25,34,39,42,45,47-50,52,60H,9-12,17-18,23,26-33H2,1-2H3,(H,59,61)(H,62,70)(H,63,71)(H,64,67)/t39?,42?,45?,47-,48-,49-,50-,52?/m0/s1. The van der Waals surface area contributed by atoms with Gasteiger partial charge < -0.3 is 40.2 Å². The van der Waals surface area contributed by atoms with Crippen molar-refractivity contribution in [3.05, 3.63) is 137 Å². The largest absolute Gasteiger partial charge is 0.453 e. The molecule has 5 fully saturated rings. The Morgan fingerprint density at radius 3 is 1.99 bits per heavy atom. The fraction of sp³-hybridized carbons (Fsp3) is 0.448. The molecule has 4 heterocycles. The molecule has 380 valence electrons. The van der Waals surface area contributed by atoms with Gasteiger partial charge >= 0.3 is 12.2 Å². The Kier molecular flexibility index (Phi) is 13.5. The smallest absolute Gasteiger partial charge is 0.407 e. The number of H-pyrrole nitrogens is 1. The van der Waals surface area contributed by atoms with Crippen LogP contribution in [0.5, 0.6) is 0 Å². The summed E-state index contributed by atoms with van der Waals surface area (Å²) in [7, 11) is 2.58. The van der Waals surface area contributed by atoms with Crippen molar-refractivity contribution in [3.8, 4) is 22.4 Å². The summed E-state index contributed by atoms with van der Waals surface area (Å²) in [5, 5.41) is 12.6. The van der Waals surface area contributed by atoms with E-state index in [1.54, 1.807) is 0 Å². The summed E-state index contributed by atoms with van der Waals surface area (Å²) < 4.78 is 9.78. The lowest BCUT2D eigenvalue weighted by molar-refractivity contribution is -0.138. The van der Waals surface area contributed by atoms with Crippen molar-refractivity contribution in [3.63, 3.8) is 0 Å². The van der Waals surface area contributed by atoms with Crippen LogP contribution >= 0.6 is 0 Å². The summed E-state index contributed by atoms with van der Waals surface area (Å²) in [5.74, 6) is 0.436. The number of carbonyl (C=O) groups excluding carboxylic acids is 5. The first-order chi connectivity index (χ1) is 35.6. The number of carbonyl (C=O) groups is 5. The van der Waals surface area contributed by atoms with Crippen LogP contribution in [0.25, 0.3) is 22.4 Å². The number of aromatic amines is 1. The number of amides is 5. The number of hydrogen-bond donors (Lipinski definition) is 5. The fourth-order valence-electron chi connectivity index (χ4n) is 13.5. The lowest BCUT2D eigenvalue weighted by atomic mass is 9.72. The first kappa shape index (κ1) is 48.3. The third kappa shape index (κ3) is 9.48. The van der Waals surface area contributed by atoms with E-state index >= 15 is 0 Å². The van der Waals surface area contributed by atoms with Gasteiger partial charge in [0, 0.05) is 19.1 Å². The van der Waals surface area contributed by atoms with Crippen molar-refractivity contribution in [1.29, 1.82) is 0 Å². The molecule has 5 amide bonds. The van der Waals surface area contributed by atoms with Crippen LogP contribution in [0.2, 0.25) is 0 Å². The Morgan fingerprint density at radius 2 is 1.32 bits per heavy atom. The van der Waals surface area contributed by atoms with E-state index in [0.29, 0.717) is 24.2 Å². The molecule has 0 radical (unpaired) electrons. The molecule has 8 atom stereocenters. The quantitative estimate of drug-likeness (QED) is 0.0865. The monoisotopic (exact) mass is 987 g/mol. The number of nitrogens with zero attached hydrogens (tertiary/aromatic N) is 3. The number of rotatable bonds is 11. The van der Waals surface area contributed by atoms with Gasteiger partial charge in [0.05, 0.1) is 44.1 Å². The van der Waals surface area contributed by atoms with Gasteiger partial charge in [0.2, 0.25) is 11.8 Å². The average Bonchev–Trinajstić information content (AvgIpc) is 4.31. The number of alkyl carbamates (subject to hydrolysis) is 2. The van der Waals surface area contributed by atoms with Crippen LogP contribution in [-0.2, 0) is 36.7 Å². The molecule has 15 heteroatoms. The first-order valence-corrected chi connectivity index (χ1v) is 26.4. The van der Waals surface area contributed by atoms with Crippen molar-refractivity contribution in [2.45, 2.75) is 126 Å². The van der Waals surface area contributed by atoms with Crippen LogP contribution in [0.3, 0.4) is 0 Å². The Labute approximate surface area is 426 Å². The third-order valence-electron chi connectivity index (χ3n) is 17.1. The number of methoxy groups -OCH3 is 2. The van der Waals surface area contributed by atoms with Crippen LogP contribution in [0.15, 0.2) is 103 Å². The van der Waals surface area contributed by atoms with E-state index in [0.717, 1.165) is 74.9 Å². The normalized spacial score (nSPS) is 24.8. The van der Waals surface area contributed by atoms with E-state index in [4.69, 9.17) is 14.5 Å². The zero-order chi connectivity index (χ0) is 50.2. The SMILES string of the molecule is COC(=O)N[C@H](C(=O)N1CCC[C@H]1c1ncc(-c2ccc(-c3ccc(C4CCC5NC([C@@H]6CCCN6C(=O)[C@@H](NC(=O)OC)c6ccccc6)NC(=O)C5C4)c4c3CC3(CCCC3)C4)cc2)[nH]1)c1ccccc1. The summed E-state index contributed by atoms with van der Waals surface area (Å²) in [6.45, 7) is 1.10. The highest BCUT2D eigenvalue weighted by Crippen LogP contribution is 2.54. The van der Waals surface area contributed by atoms with Gasteiger partial charge in [-0.15, -0.1) is 0 Å². The molecular formula is C58H66N8O7. The molecule has 6 aliphatic rings. The number of likely N-dealkylation sites (tertiary alicyclic amines) is 2. The molecule has 1 aromatic heterocycles. The van der Waals surface area contributed by atoms with Gasteiger partial charge in [0.15, 0.2) is 0 Å². The number of imidazole rings is 1. The van der Waals surface area contributed by atoms with Gasteiger partial charge in [0.25, 0.3) is 5.91 Å². The predicted molar refractivity (Wildman–Crippen MR) is 275 cm³/mol. The number of nitrogens with one attached hydrogen (secondary N) is 5. The number of hydrogen-bond acceptors (Lipinski definition) is 9. The Balaban J connectivity index is 0.786. The second-order valence-corrected chi connectivity index (χ2v) is 21.2. The minimum absolute atomic E-state index is 0.00514. The molecule has 2 saturated carbocycles. The summed E-state index contributed by atoms with van der Waals surface area (Å²) in [6, 6.07) is 29.6. The highest BCUT2D eigenvalue weighted by Gasteiger charge is 2.48. The van der Waals surface area contributed by atoms with Gasteiger partial charge in [-0.1, -0.05) is 110 Å². The maximum Gasteiger partial charge on any atom is 0.407 e. The number of benzene rings is 4. The zero-order valence-corrected chi connectivity index (χ0v) is 41.7. The molecular weight excluding hydrogens is 921 g/mol. The van der Waals surface area contributed by atoms with Gasteiger partial charge in [-0.2, -0.15) is 0 Å². The number of ether oxygens (including phenoxy) is 2. The topological polar surface area (TPSA) is 187 Å². The Bertz CT molecular complexity index is 2850. The maximum atomic E-state index is 14.3. The summed E-state index contributed by atoms with van der Waals surface area (Å²) in [4.78, 5) is 79.3. The van der Waals surface area contributed by atoms with E-state index in [2.05, 4.69) is 62.6 Å².